The standard InChI is InChI=1S/C13H9FN2O/c1-8-10(14)6-5-9-12(8)15-11-4-2-3-7-16(11)13(9)17/h2-7H,1H3. The third-order valence-electron chi connectivity index (χ3n) is 2.88. The first-order valence-electron chi connectivity index (χ1n) is 5.25. The molecule has 84 valence electrons. The van der Waals surface area contributed by atoms with Crippen LogP contribution < -0.4 is 5.56 Å². The summed E-state index contributed by atoms with van der Waals surface area (Å²) in [5.41, 5.74) is 1.19. The molecular formula is C13H9FN2O. The number of fused-ring (bicyclic) bond motifs is 2. The van der Waals surface area contributed by atoms with E-state index in [-0.39, 0.29) is 11.4 Å². The molecule has 0 aliphatic heterocycles. The van der Waals surface area contributed by atoms with E-state index in [0.29, 0.717) is 22.1 Å². The fraction of sp³-hybridized carbons (Fsp3) is 0.0769. The average Bonchev–Trinajstić information content (AvgIpc) is 2.35. The van der Waals surface area contributed by atoms with Crippen molar-refractivity contribution in [1.82, 2.24) is 9.38 Å². The van der Waals surface area contributed by atoms with E-state index >= 15 is 0 Å². The average molecular weight is 228 g/mol. The second-order valence-electron chi connectivity index (χ2n) is 3.91. The second kappa shape index (κ2) is 3.38. The van der Waals surface area contributed by atoms with Crippen LogP contribution >= 0.6 is 0 Å². The number of benzene rings is 1. The molecule has 4 heteroatoms. The van der Waals surface area contributed by atoms with Gasteiger partial charge in [0.2, 0.25) is 0 Å². The van der Waals surface area contributed by atoms with Gasteiger partial charge in [0.25, 0.3) is 5.56 Å². The van der Waals surface area contributed by atoms with Crippen LogP contribution in [0.25, 0.3) is 16.6 Å². The van der Waals surface area contributed by atoms with E-state index in [1.165, 1.54) is 16.5 Å². The first-order chi connectivity index (χ1) is 8.18. The van der Waals surface area contributed by atoms with Crippen LogP contribution in [0.5, 0.6) is 0 Å². The van der Waals surface area contributed by atoms with Gasteiger partial charge in [-0.1, -0.05) is 6.07 Å². The van der Waals surface area contributed by atoms with E-state index < -0.39 is 0 Å². The zero-order valence-corrected chi connectivity index (χ0v) is 9.14. The van der Waals surface area contributed by atoms with Gasteiger partial charge in [0, 0.05) is 11.8 Å². The van der Waals surface area contributed by atoms with Crippen molar-refractivity contribution in [2.75, 3.05) is 0 Å². The van der Waals surface area contributed by atoms with Gasteiger partial charge in [-0.2, -0.15) is 0 Å². The van der Waals surface area contributed by atoms with Gasteiger partial charge in [0.1, 0.15) is 11.5 Å². The largest absolute Gasteiger partial charge is 0.268 e. The summed E-state index contributed by atoms with van der Waals surface area (Å²) < 4.78 is 14.9. The highest BCUT2D eigenvalue weighted by Gasteiger charge is 2.09. The third-order valence-corrected chi connectivity index (χ3v) is 2.88. The van der Waals surface area contributed by atoms with Gasteiger partial charge in [-0.15, -0.1) is 0 Å². The lowest BCUT2D eigenvalue weighted by Gasteiger charge is -2.05. The third kappa shape index (κ3) is 1.34. The van der Waals surface area contributed by atoms with Crippen molar-refractivity contribution in [2.45, 2.75) is 6.92 Å². The number of nitrogens with zero attached hydrogens (tertiary/aromatic N) is 2. The van der Waals surface area contributed by atoms with Crippen LogP contribution in [-0.4, -0.2) is 9.38 Å². The predicted octanol–water partition coefficient (Wildman–Crippen LogP) is 2.30. The van der Waals surface area contributed by atoms with Gasteiger partial charge in [-0.25, -0.2) is 9.37 Å². The molecule has 0 spiro atoms. The van der Waals surface area contributed by atoms with Gasteiger partial charge in [-0.05, 0) is 31.2 Å². The van der Waals surface area contributed by atoms with Crippen molar-refractivity contribution < 1.29 is 4.39 Å². The first kappa shape index (κ1) is 9.96. The van der Waals surface area contributed by atoms with Crippen LogP contribution in [0.4, 0.5) is 4.39 Å². The molecule has 0 radical (unpaired) electrons. The van der Waals surface area contributed by atoms with Crippen LogP contribution in [0.15, 0.2) is 41.3 Å². The van der Waals surface area contributed by atoms with Crippen molar-refractivity contribution in [3.05, 3.63) is 58.3 Å². The molecule has 17 heavy (non-hydrogen) atoms. The molecule has 0 atom stereocenters. The molecule has 0 aliphatic rings. The lowest BCUT2D eigenvalue weighted by atomic mass is 10.1. The Hall–Kier alpha value is -2.23. The lowest BCUT2D eigenvalue weighted by Crippen LogP contribution is -2.15. The van der Waals surface area contributed by atoms with Crippen LogP contribution in [-0.2, 0) is 0 Å². The molecule has 0 saturated heterocycles. The van der Waals surface area contributed by atoms with E-state index in [1.54, 1.807) is 31.3 Å². The Balaban J connectivity index is 2.64. The van der Waals surface area contributed by atoms with Crippen LogP contribution in [0.1, 0.15) is 5.56 Å². The molecule has 0 unspecified atom stereocenters. The minimum Gasteiger partial charge on any atom is -0.268 e. The number of pyridine rings is 1. The quantitative estimate of drug-likeness (QED) is 0.553. The van der Waals surface area contributed by atoms with E-state index in [9.17, 15) is 9.18 Å². The predicted molar refractivity (Wildman–Crippen MR) is 63.7 cm³/mol. The molecule has 0 fully saturated rings. The molecule has 0 aliphatic carbocycles. The van der Waals surface area contributed by atoms with Gasteiger partial charge in [0.05, 0.1) is 10.9 Å². The summed E-state index contributed by atoms with van der Waals surface area (Å²) in [5, 5.41) is 0.438. The fourth-order valence-corrected chi connectivity index (χ4v) is 1.93. The zero-order chi connectivity index (χ0) is 12.0. The summed E-state index contributed by atoms with van der Waals surface area (Å²) >= 11 is 0. The molecular weight excluding hydrogens is 219 g/mol. The molecule has 3 nitrogen and oxygen atoms in total. The van der Waals surface area contributed by atoms with Crippen LogP contribution in [0.2, 0.25) is 0 Å². The number of rotatable bonds is 0. The summed E-state index contributed by atoms with van der Waals surface area (Å²) in [7, 11) is 0. The number of halogens is 1. The molecule has 3 aromatic rings. The van der Waals surface area contributed by atoms with E-state index in [1.807, 2.05) is 0 Å². The second-order valence-corrected chi connectivity index (χ2v) is 3.91. The maximum Gasteiger partial charge on any atom is 0.265 e. The highest BCUT2D eigenvalue weighted by Crippen LogP contribution is 2.16. The maximum absolute atomic E-state index is 13.4. The fourth-order valence-electron chi connectivity index (χ4n) is 1.93. The Morgan fingerprint density at radius 3 is 2.88 bits per heavy atom. The minimum absolute atomic E-state index is 0.172. The molecule has 0 N–H and O–H groups in total. The summed E-state index contributed by atoms with van der Waals surface area (Å²) in [6.45, 7) is 1.63. The minimum atomic E-state index is -0.343. The zero-order valence-electron chi connectivity index (χ0n) is 9.14. The van der Waals surface area contributed by atoms with Crippen LogP contribution in [0.3, 0.4) is 0 Å². The van der Waals surface area contributed by atoms with Gasteiger partial charge in [-0.3, -0.25) is 9.20 Å². The number of aromatic nitrogens is 2. The van der Waals surface area contributed by atoms with E-state index in [4.69, 9.17) is 0 Å². The highest BCUT2D eigenvalue weighted by atomic mass is 19.1. The molecule has 0 amide bonds. The van der Waals surface area contributed by atoms with Crippen molar-refractivity contribution in [2.24, 2.45) is 0 Å². The SMILES string of the molecule is Cc1c(F)ccc2c(=O)n3ccccc3nc12. The van der Waals surface area contributed by atoms with Crippen molar-refractivity contribution in [3.63, 3.8) is 0 Å². The molecule has 1 aromatic carbocycles. The molecule has 3 rings (SSSR count). The summed E-state index contributed by atoms with van der Waals surface area (Å²) in [6, 6.07) is 8.06. The van der Waals surface area contributed by atoms with Crippen LogP contribution in [0, 0.1) is 12.7 Å². The van der Waals surface area contributed by atoms with Crippen molar-refractivity contribution in [1.29, 1.82) is 0 Å². The Bertz CT molecular complexity index is 792. The normalized spacial score (nSPS) is 11.2. The van der Waals surface area contributed by atoms with Gasteiger partial charge >= 0.3 is 0 Å². The van der Waals surface area contributed by atoms with E-state index in [0.717, 1.165) is 0 Å². The number of hydrogen-bond acceptors (Lipinski definition) is 2. The van der Waals surface area contributed by atoms with Gasteiger partial charge in [0.15, 0.2) is 0 Å². The Labute approximate surface area is 96.2 Å². The molecule has 2 aromatic heterocycles. The summed E-state index contributed by atoms with van der Waals surface area (Å²) in [5.74, 6) is -0.343. The summed E-state index contributed by atoms with van der Waals surface area (Å²) in [6.07, 6.45) is 1.66. The number of aryl methyl sites for hydroxylation is 1. The Morgan fingerprint density at radius 2 is 2.06 bits per heavy atom. The highest BCUT2D eigenvalue weighted by molar-refractivity contribution is 5.82. The monoisotopic (exact) mass is 228 g/mol. The number of hydrogen-bond donors (Lipinski definition) is 0. The Kier molecular flexibility index (Phi) is 1.98. The van der Waals surface area contributed by atoms with Gasteiger partial charge < -0.3 is 0 Å². The summed E-state index contributed by atoms with van der Waals surface area (Å²) in [4.78, 5) is 16.5. The van der Waals surface area contributed by atoms with E-state index in [2.05, 4.69) is 4.98 Å². The topological polar surface area (TPSA) is 34.4 Å². The first-order valence-corrected chi connectivity index (χ1v) is 5.25. The lowest BCUT2D eigenvalue weighted by molar-refractivity contribution is 0.620. The molecule has 0 bridgehead atoms. The van der Waals surface area contributed by atoms with Crippen molar-refractivity contribution in [3.8, 4) is 0 Å². The maximum atomic E-state index is 13.4. The smallest absolute Gasteiger partial charge is 0.265 e. The molecule has 2 heterocycles. The van der Waals surface area contributed by atoms with Crippen molar-refractivity contribution >= 4 is 16.6 Å². The molecule has 0 saturated carbocycles. The Morgan fingerprint density at radius 1 is 1.24 bits per heavy atom.